The Labute approximate surface area is 87.2 Å². The number of aromatic nitrogens is 1. The van der Waals surface area contributed by atoms with Crippen LogP contribution in [-0.2, 0) is 6.54 Å². The van der Waals surface area contributed by atoms with Gasteiger partial charge in [0, 0.05) is 18.9 Å². The SMILES string of the molecule is N#Cc1cc(F)cc(Cn2cccc2)c1. The van der Waals surface area contributed by atoms with Crippen molar-refractivity contribution in [2.75, 3.05) is 0 Å². The van der Waals surface area contributed by atoms with E-state index in [1.807, 2.05) is 35.2 Å². The van der Waals surface area contributed by atoms with Crippen molar-refractivity contribution in [3.05, 3.63) is 59.7 Å². The molecule has 0 bridgehead atoms. The van der Waals surface area contributed by atoms with E-state index in [4.69, 9.17) is 5.26 Å². The number of hydrogen-bond acceptors (Lipinski definition) is 1. The third-order valence-electron chi connectivity index (χ3n) is 2.12. The van der Waals surface area contributed by atoms with Crippen LogP contribution in [0.1, 0.15) is 11.1 Å². The van der Waals surface area contributed by atoms with Crippen LogP contribution in [0.25, 0.3) is 0 Å². The Balaban J connectivity index is 2.29. The summed E-state index contributed by atoms with van der Waals surface area (Å²) in [6.07, 6.45) is 3.80. The summed E-state index contributed by atoms with van der Waals surface area (Å²) < 4.78 is 15.0. The van der Waals surface area contributed by atoms with Gasteiger partial charge in [-0.05, 0) is 35.9 Å². The van der Waals surface area contributed by atoms with Gasteiger partial charge in [0.25, 0.3) is 0 Å². The van der Waals surface area contributed by atoms with E-state index in [2.05, 4.69) is 0 Å². The van der Waals surface area contributed by atoms with Gasteiger partial charge in [-0.1, -0.05) is 0 Å². The first-order valence-corrected chi connectivity index (χ1v) is 4.58. The number of benzene rings is 1. The van der Waals surface area contributed by atoms with Crippen molar-refractivity contribution >= 4 is 0 Å². The number of nitriles is 1. The first-order valence-electron chi connectivity index (χ1n) is 4.58. The monoisotopic (exact) mass is 200 g/mol. The Kier molecular flexibility index (Phi) is 2.51. The molecule has 1 aromatic carbocycles. The molecule has 0 aliphatic carbocycles. The van der Waals surface area contributed by atoms with Crippen molar-refractivity contribution in [3.8, 4) is 6.07 Å². The summed E-state index contributed by atoms with van der Waals surface area (Å²) in [5.41, 5.74) is 1.15. The van der Waals surface area contributed by atoms with Crippen molar-refractivity contribution in [2.45, 2.75) is 6.54 Å². The van der Waals surface area contributed by atoms with E-state index in [1.165, 1.54) is 12.1 Å². The molecule has 0 unspecified atom stereocenters. The first-order chi connectivity index (χ1) is 7.28. The number of rotatable bonds is 2. The van der Waals surface area contributed by atoms with E-state index in [9.17, 15) is 4.39 Å². The Morgan fingerprint density at radius 2 is 1.93 bits per heavy atom. The Hall–Kier alpha value is -2.08. The molecule has 0 atom stereocenters. The van der Waals surface area contributed by atoms with E-state index in [0.717, 1.165) is 5.56 Å². The van der Waals surface area contributed by atoms with Crippen molar-refractivity contribution in [1.82, 2.24) is 4.57 Å². The summed E-state index contributed by atoms with van der Waals surface area (Å²) >= 11 is 0. The second-order valence-corrected chi connectivity index (χ2v) is 3.32. The third-order valence-corrected chi connectivity index (χ3v) is 2.12. The summed E-state index contributed by atoms with van der Waals surface area (Å²) in [6.45, 7) is 0.583. The lowest BCUT2D eigenvalue weighted by molar-refractivity contribution is 0.623. The normalized spacial score (nSPS) is 9.87. The van der Waals surface area contributed by atoms with Crippen molar-refractivity contribution in [1.29, 1.82) is 5.26 Å². The molecule has 0 amide bonds. The highest BCUT2D eigenvalue weighted by Gasteiger charge is 2.00. The molecule has 0 fully saturated rings. The fourth-order valence-electron chi connectivity index (χ4n) is 1.49. The predicted octanol–water partition coefficient (Wildman–Crippen LogP) is 2.55. The van der Waals surface area contributed by atoms with Crippen LogP contribution >= 0.6 is 0 Å². The number of halogens is 1. The van der Waals surface area contributed by atoms with Gasteiger partial charge in [0.05, 0.1) is 11.6 Å². The van der Waals surface area contributed by atoms with Gasteiger partial charge in [0.15, 0.2) is 0 Å². The molecule has 2 rings (SSSR count). The molecule has 1 heterocycles. The molecule has 0 N–H and O–H groups in total. The molecule has 74 valence electrons. The van der Waals surface area contributed by atoms with Gasteiger partial charge in [-0.25, -0.2) is 4.39 Å². The molecule has 0 saturated carbocycles. The van der Waals surface area contributed by atoms with Gasteiger partial charge >= 0.3 is 0 Å². The van der Waals surface area contributed by atoms with Crippen LogP contribution < -0.4 is 0 Å². The lowest BCUT2D eigenvalue weighted by atomic mass is 10.1. The molecular formula is C12H9FN2. The molecule has 0 radical (unpaired) electrons. The summed E-state index contributed by atoms with van der Waals surface area (Å²) in [6, 6.07) is 10.1. The average Bonchev–Trinajstić information content (AvgIpc) is 2.69. The largest absolute Gasteiger partial charge is 0.350 e. The van der Waals surface area contributed by atoms with Crippen LogP contribution in [0.3, 0.4) is 0 Å². The minimum atomic E-state index is -0.365. The molecule has 0 aliphatic rings. The van der Waals surface area contributed by atoms with Gasteiger partial charge in [-0.2, -0.15) is 5.26 Å². The van der Waals surface area contributed by atoms with E-state index < -0.39 is 0 Å². The zero-order valence-corrected chi connectivity index (χ0v) is 8.02. The summed E-state index contributed by atoms with van der Waals surface area (Å²) in [4.78, 5) is 0. The van der Waals surface area contributed by atoms with E-state index in [1.54, 1.807) is 6.07 Å². The fraction of sp³-hybridized carbons (Fsp3) is 0.0833. The highest BCUT2D eigenvalue weighted by Crippen LogP contribution is 2.10. The molecule has 0 aliphatic heterocycles. The van der Waals surface area contributed by atoms with Crippen LogP contribution in [0.5, 0.6) is 0 Å². The molecule has 2 nitrogen and oxygen atoms in total. The second-order valence-electron chi connectivity index (χ2n) is 3.32. The topological polar surface area (TPSA) is 28.7 Å². The highest BCUT2D eigenvalue weighted by atomic mass is 19.1. The Morgan fingerprint density at radius 3 is 2.60 bits per heavy atom. The quantitative estimate of drug-likeness (QED) is 0.732. The second kappa shape index (κ2) is 3.97. The Bertz CT molecular complexity index is 495. The molecule has 0 saturated heterocycles. The van der Waals surface area contributed by atoms with E-state index in [-0.39, 0.29) is 5.82 Å². The standard InChI is InChI=1S/C12H9FN2/c13-12-6-10(8-14)5-11(7-12)9-15-3-1-2-4-15/h1-7H,9H2. The minimum absolute atomic E-state index is 0.358. The van der Waals surface area contributed by atoms with Crippen LogP contribution in [-0.4, -0.2) is 4.57 Å². The van der Waals surface area contributed by atoms with E-state index >= 15 is 0 Å². The zero-order valence-electron chi connectivity index (χ0n) is 8.02. The molecular weight excluding hydrogens is 191 g/mol. The van der Waals surface area contributed by atoms with Gasteiger partial charge in [-0.15, -0.1) is 0 Å². The lowest BCUT2D eigenvalue weighted by Gasteiger charge is -2.03. The van der Waals surface area contributed by atoms with Crippen LogP contribution in [0.15, 0.2) is 42.7 Å². The molecule has 0 spiro atoms. The Morgan fingerprint density at radius 1 is 1.20 bits per heavy atom. The van der Waals surface area contributed by atoms with Crippen molar-refractivity contribution in [3.63, 3.8) is 0 Å². The number of hydrogen-bond donors (Lipinski definition) is 0. The average molecular weight is 200 g/mol. The smallest absolute Gasteiger partial charge is 0.124 e. The van der Waals surface area contributed by atoms with Gasteiger partial charge in [-0.3, -0.25) is 0 Å². The zero-order chi connectivity index (χ0) is 10.7. The summed E-state index contributed by atoms with van der Waals surface area (Å²) in [7, 11) is 0. The minimum Gasteiger partial charge on any atom is -0.350 e. The molecule has 2 aromatic rings. The van der Waals surface area contributed by atoms with Gasteiger partial charge in [0.1, 0.15) is 5.82 Å². The summed E-state index contributed by atoms with van der Waals surface area (Å²) in [5.74, 6) is -0.365. The molecule has 1 aromatic heterocycles. The van der Waals surface area contributed by atoms with Crippen LogP contribution in [0, 0.1) is 17.1 Å². The third kappa shape index (κ3) is 2.23. The maximum Gasteiger partial charge on any atom is 0.124 e. The maximum atomic E-state index is 13.1. The maximum absolute atomic E-state index is 13.1. The first kappa shape index (κ1) is 9.47. The van der Waals surface area contributed by atoms with E-state index in [0.29, 0.717) is 12.1 Å². The lowest BCUT2D eigenvalue weighted by Crippen LogP contribution is -1.97. The fourth-order valence-corrected chi connectivity index (χ4v) is 1.49. The summed E-state index contributed by atoms with van der Waals surface area (Å²) in [5, 5.41) is 8.69. The van der Waals surface area contributed by atoms with Crippen LogP contribution in [0.4, 0.5) is 4.39 Å². The predicted molar refractivity (Wildman–Crippen MR) is 54.6 cm³/mol. The molecule has 15 heavy (non-hydrogen) atoms. The van der Waals surface area contributed by atoms with Gasteiger partial charge in [0.2, 0.25) is 0 Å². The van der Waals surface area contributed by atoms with Crippen molar-refractivity contribution in [2.24, 2.45) is 0 Å². The molecule has 3 heteroatoms. The van der Waals surface area contributed by atoms with Gasteiger partial charge < -0.3 is 4.57 Å². The number of nitrogens with zero attached hydrogens (tertiary/aromatic N) is 2. The highest BCUT2D eigenvalue weighted by molar-refractivity contribution is 5.33. The van der Waals surface area contributed by atoms with Crippen molar-refractivity contribution < 1.29 is 4.39 Å². The van der Waals surface area contributed by atoms with Crippen LogP contribution in [0.2, 0.25) is 0 Å².